The summed E-state index contributed by atoms with van der Waals surface area (Å²) in [6.45, 7) is 0.474. The zero-order valence-electron chi connectivity index (χ0n) is 30.6. The Morgan fingerprint density at radius 2 is 1.61 bits per heavy atom. The molecule has 2 aliphatic carbocycles. The molecule has 3 aliphatic rings. The normalized spacial score (nSPS) is 22.4. The lowest BCUT2D eigenvalue weighted by atomic mass is 9.77. The Kier molecular flexibility index (Phi) is 11.2. The Hall–Kier alpha value is -5.25. The van der Waals surface area contributed by atoms with Gasteiger partial charge in [0.2, 0.25) is 6.29 Å². The Morgan fingerprint density at radius 3 is 2.29 bits per heavy atom. The SMILES string of the molecule is CC(=O)Oc1cc(CO)c2c(c1/C=C\c1ccccc1)C(=O)c1cc(O[C@H]3O[C@@H](C4CCCC4)[C@@H](O)[C@@H](O)[C@H]3O)c(Cc3cccc(C(N)N)c3)c(O)c1C2=O. The van der Waals surface area contributed by atoms with Gasteiger partial charge in [-0.25, -0.2) is 0 Å². The van der Waals surface area contributed by atoms with E-state index in [9.17, 15) is 39.9 Å². The molecule has 56 heavy (non-hydrogen) atoms. The van der Waals surface area contributed by atoms with E-state index in [0.29, 0.717) is 11.1 Å². The molecular formula is C43H44N2O11. The van der Waals surface area contributed by atoms with E-state index < -0.39 is 66.8 Å². The summed E-state index contributed by atoms with van der Waals surface area (Å²) < 4.78 is 18.0. The third-order valence-corrected chi connectivity index (χ3v) is 10.8. The van der Waals surface area contributed by atoms with Gasteiger partial charge in [-0.05, 0) is 59.2 Å². The van der Waals surface area contributed by atoms with E-state index in [-0.39, 0.29) is 62.8 Å². The molecule has 1 saturated heterocycles. The summed E-state index contributed by atoms with van der Waals surface area (Å²) in [4.78, 5) is 41.7. The lowest BCUT2D eigenvalue weighted by molar-refractivity contribution is -0.282. The van der Waals surface area contributed by atoms with Gasteiger partial charge in [0.15, 0.2) is 11.6 Å². The van der Waals surface area contributed by atoms with Gasteiger partial charge in [0.05, 0.1) is 24.4 Å². The highest BCUT2D eigenvalue weighted by molar-refractivity contribution is 6.31. The Bertz CT molecular complexity index is 2200. The number of carbonyl (C=O) groups is 3. The summed E-state index contributed by atoms with van der Waals surface area (Å²) in [6, 6.07) is 18.6. The molecule has 4 aromatic rings. The van der Waals surface area contributed by atoms with Crippen molar-refractivity contribution in [2.24, 2.45) is 17.4 Å². The Morgan fingerprint density at radius 1 is 0.875 bits per heavy atom. The molecule has 7 rings (SSSR count). The number of ether oxygens (including phenoxy) is 3. The van der Waals surface area contributed by atoms with Gasteiger partial charge >= 0.3 is 5.97 Å². The number of aromatic hydroxyl groups is 1. The molecule has 9 N–H and O–H groups in total. The van der Waals surface area contributed by atoms with Crippen LogP contribution in [0, 0.1) is 5.92 Å². The fourth-order valence-electron chi connectivity index (χ4n) is 8.01. The zero-order valence-corrected chi connectivity index (χ0v) is 30.6. The maximum absolute atomic E-state index is 14.8. The quantitative estimate of drug-likeness (QED) is 0.0467. The van der Waals surface area contributed by atoms with Gasteiger partial charge in [-0.15, -0.1) is 0 Å². The van der Waals surface area contributed by atoms with Gasteiger partial charge in [-0.2, -0.15) is 0 Å². The molecule has 2 fully saturated rings. The van der Waals surface area contributed by atoms with Gasteiger partial charge < -0.3 is 51.2 Å². The van der Waals surface area contributed by atoms with Gasteiger partial charge in [0.25, 0.3) is 0 Å². The van der Waals surface area contributed by atoms with Crippen LogP contribution in [0.25, 0.3) is 12.2 Å². The third-order valence-electron chi connectivity index (χ3n) is 10.8. The molecule has 1 aliphatic heterocycles. The van der Waals surface area contributed by atoms with Crippen molar-refractivity contribution >= 4 is 29.7 Å². The molecule has 5 atom stereocenters. The number of carbonyl (C=O) groups excluding carboxylic acids is 3. The number of aliphatic hydroxyl groups is 4. The first-order valence-corrected chi connectivity index (χ1v) is 18.5. The molecule has 292 valence electrons. The van der Waals surface area contributed by atoms with E-state index in [0.717, 1.165) is 31.2 Å². The fourth-order valence-corrected chi connectivity index (χ4v) is 8.01. The van der Waals surface area contributed by atoms with Crippen LogP contribution < -0.4 is 20.9 Å². The van der Waals surface area contributed by atoms with Crippen molar-refractivity contribution < 1.29 is 54.1 Å². The summed E-state index contributed by atoms with van der Waals surface area (Å²) in [7, 11) is 0. The molecule has 0 unspecified atom stereocenters. The minimum atomic E-state index is -1.74. The third kappa shape index (κ3) is 7.38. The number of rotatable bonds is 10. The van der Waals surface area contributed by atoms with E-state index in [4.69, 9.17) is 25.7 Å². The van der Waals surface area contributed by atoms with E-state index in [1.54, 1.807) is 30.3 Å². The number of hydrogen-bond donors (Lipinski definition) is 7. The lowest BCUT2D eigenvalue weighted by Gasteiger charge is -2.42. The van der Waals surface area contributed by atoms with Crippen LogP contribution in [-0.4, -0.2) is 73.8 Å². The van der Waals surface area contributed by atoms with Crippen molar-refractivity contribution in [2.75, 3.05) is 0 Å². The average Bonchev–Trinajstić information content (AvgIpc) is 3.72. The number of fused-ring (bicyclic) bond motifs is 2. The Labute approximate surface area is 322 Å². The molecule has 13 nitrogen and oxygen atoms in total. The maximum Gasteiger partial charge on any atom is 0.308 e. The highest BCUT2D eigenvalue weighted by Gasteiger charge is 2.48. The number of esters is 1. The molecule has 13 heteroatoms. The molecule has 0 bridgehead atoms. The predicted octanol–water partition coefficient (Wildman–Crippen LogP) is 3.64. The largest absolute Gasteiger partial charge is 0.507 e. The van der Waals surface area contributed by atoms with Crippen molar-refractivity contribution in [1.82, 2.24) is 0 Å². The monoisotopic (exact) mass is 764 g/mol. The molecule has 0 spiro atoms. The zero-order chi connectivity index (χ0) is 39.8. The molecule has 1 saturated carbocycles. The van der Waals surface area contributed by atoms with E-state index in [1.165, 1.54) is 25.1 Å². The minimum Gasteiger partial charge on any atom is -0.507 e. The Balaban J connectivity index is 1.40. The highest BCUT2D eigenvalue weighted by atomic mass is 16.7. The predicted molar refractivity (Wildman–Crippen MR) is 204 cm³/mol. The number of benzene rings is 4. The first kappa shape index (κ1) is 39.0. The van der Waals surface area contributed by atoms with Crippen LogP contribution in [-0.2, 0) is 22.6 Å². The van der Waals surface area contributed by atoms with Crippen molar-refractivity contribution in [3.05, 3.63) is 122 Å². The minimum absolute atomic E-state index is 0.00718. The number of phenols is 1. The molecule has 0 aromatic heterocycles. The number of phenolic OH excluding ortho intramolecular Hbond substituents is 1. The topological polar surface area (TPSA) is 232 Å². The van der Waals surface area contributed by atoms with E-state index in [2.05, 4.69) is 0 Å². The molecular weight excluding hydrogens is 720 g/mol. The summed E-state index contributed by atoms with van der Waals surface area (Å²) in [5.41, 5.74) is 12.9. The number of hydrogen-bond acceptors (Lipinski definition) is 13. The second kappa shape index (κ2) is 16.1. The van der Waals surface area contributed by atoms with Gasteiger partial charge in [-0.3, -0.25) is 14.4 Å². The van der Waals surface area contributed by atoms with Crippen molar-refractivity contribution in [3.63, 3.8) is 0 Å². The molecule has 0 amide bonds. The molecule has 1 heterocycles. The van der Waals surface area contributed by atoms with Crippen LogP contribution in [0.2, 0.25) is 0 Å². The molecule has 4 aromatic carbocycles. The first-order chi connectivity index (χ1) is 26.9. The summed E-state index contributed by atoms with van der Waals surface area (Å²) in [5, 5.41) is 55.6. The van der Waals surface area contributed by atoms with Crippen LogP contribution in [0.1, 0.15) is 104 Å². The second-order valence-electron chi connectivity index (χ2n) is 14.5. The summed E-state index contributed by atoms with van der Waals surface area (Å²) in [5.74, 6) is -3.16. The van der Waals surface area contributed by atoms with Crippen LogP contribution in [0.3, 0.4) is 0 Å². The van der Waals surface area contributed by atoms with E-state index >= 15 is 0 Å². The summed E-state index contributed by atoms with van der Waals surface area (Å²) in [6.07, 6.45) is -1.58. The summed E-state index contributed by atoms with van der Waals surface area (Å²) >= 11 is 0. The van der Waals surface area contributed by atoms with Gasteiger partial charge in [-0.1, -0.05) is 73.5 Å². The molecule has 0 radical (unpaired) electrons. The van der Waals surface area contributed by atoms with Gasteiger partial charge in [0, 0.05) is 41.2 Å². The average molecular weight is 765 g/mol. The number of nitrogens with two attached hydrogens (primary N) is 2. The fraction of sp³-hybridized carbons (Fsp3) is 0.326. The second-order valence-corrected chi connectivity index (χ2v) is 14.5. The van der Waals surface area contributed by atoms with Crippen molar-refractivity contribution in [3.8, 4) is 17.2 Å². The standard InChI is InChI=1S/C43H44N2O11/c1-21(47)54-30-18-26(20-46)32-33(27(30)15-14-22-8-3-2-4-9-22)36(49)29-19-31(55-43-40(53)38(51)39(52)41(56-43)24-11-5-6-12-24)28(35(48)34(29)37(32)50)17-23-10-7-13-25(16-23)42(44)45/h2-4,7-10,13-16,18-19,24,38-43,46,48,51-53H,5-6,11-12,17,20,44-45H2,1H3/b15-14-/t38-,39+,40-,41+,43+/m1/s1. The van der Waals surface area contributed by atoms with Crippen LogP contribution in [0.5, 0.6) is 17.2 Å². The van der Waals surface area contributed by atoms with Crippen LogP contribution in [0.4, 0.5) is 0 Å². The van der Waals surface area contributed by atoms with Gasteiger partial charge in [0.1, 0.15) is 35.6 Å². The number of aliphatic hydroxyl groups excluding tert-OH is 4. The smallest absolute Gasteiger partial charge is 0.308 e. The lowest BCUT2D eigenvalue weighted by Crippen LogP contribution is -2.60. The maximum atomic E-state index is 14.8. The van der Waals surface area contributed by atoms with Crippen molar-refractivity contribution in [2.45, 2.75) is 82.5 Å². The van der Waals surface area contributed by atoms with Crippen LogP contribution >= 0.6 is 0 Å². The number of ketones is 2. The highest BCUT2D eigenvalue weighted by Crippen LogP contribution is 2.46. The van der Waals surface area contributed by atoms with Crippen LogP contribution in [0.15, 0.2) is 66.7 Å². The van der Waals surface area contributed by atoms with E-state index in [1.807, 2.05) is 30.3 Å². The van der Waals surface area contributed by atoms with Crippen molar-refractivity contribution in [1.29, 1.82) is 0 Å². The first-order valence-electron chi connectivity index (χ1n) is 18.5.